The normalized spacial score (nSPS) is 10.6. The second-order valence-corrected chi connectivity index (χ2v) is 6.10. The van der Waals surface area contributed by atoms with Crippen LogP contribution in [0.4, 0.5) is 5.82 Å². The van der Waals surface area contributed by atoms with Gasteiger partial charge in [-0.05, 0) is 35.1 Å². The Morgan fingerprint density at radius 2 is 2.27 bits per heavy atom. The number of benzene rings is 1. The van der Waals surface area contributed by atoms with Gasteiger partial charge >= 0.3 is 0 Å². The molecule has 112 valence electrons. The van der Waals surface area contributed by atoms with Crippen molar-refractivity contribution < 1.29 is 4.79 Å². The highest BCUT2D eigenvalue weighted by atomic mass is 127. The lowest BCUT2D eigenvalue weighted by Crippen LogP contribution is -2.14. The maximum absolute atomic E-state index is 12.1. The number of carbonyl (C=O) groups excluding carboxylic acids is 1. The molecule has 2 heterocycles. The van der Waals surface area contributed by atoms with E-state index in [0.29, 0.717) is 18.1 Å². The molecule has 0 aliphatic rings. The number of nitrogens with one attached hydrogen (secondary N) is 2. The second kappa shape index (κ2) is 6.30. The minimum absolute atomic E-state index is 0.247. The maximum Gasteiger partial charge on any atom is 0.275 e. The molecule has 0 aliphatic carbocycles. The van der Waals surface area contributed by atoms with Crippen LogP contribution in [0.3, 0.4) is 0 Å². The van der Waals surface area contributed by atoms with E-state index < -0.39 is 0 Å². The van der Waals surface area contributed by atoms with Gasteiger partial charge in [0.1, 0.15) is 5.69 Å². The lowest BCUT2D eigenvalue weighted by atomic mass is 10.1. The number of aromatic amines is 1. The third kappa shape index (κ3) is 3.35. The first-order valence-corrected chi connectivity index (χ1v) is 7.79. The number of amides is 1. The Bertz CT molecular complexity index is 808. The van der Waals surface area contributed by atoms with Crippen LogP contribution in [0.25, 0.3) is 0 Å². The van der Waals surface area contributed by atoms with Gasteiger partial charge in [0.2, 0.25) is 0 Å². The van der Waals surface area contributed by atoms with Crippen LogP contribution in [-0.4, -0.2) is 25.9 Å². The van der Waals surface area contributed by atoms with Gasteiger partial charge in [-0.3, -0.25) is 14.6 Å². The molecule has 3 rings (SSSR count). The quantitative estimate of drug-likeness (QED) is 0.654. The summed E-state index contributed by atoms with van der Waals surface area (Å²) >= 11 is 2.06. The highest BCUT2D eigenvalue weighted by molar-refractivity contribution is 14.1. The van der Waals surface area contributed by atoms with E-state index in [4.69, 9.17) is 0 Å². The van der Waals surface area contributed by atoms with Gasteiger partial charge < -0.3 is 5.32 Å². The van der Waals surface area contributed by atoms with Crippen molar-refractivity contribution in [2.45, 2.75) is 13.5 Å². The number of H-pyrrole nitrogens is 1. The summed E-state index contributed by atoms with van der Waals surface area (Å²) < 4.78 is 2.57. The van der Waals surface area contributed by atoms with Gasteiger partial charge in [-0.1, -0.05) is 29.8 Å². The van der Waals surface area contributed by atoms with Crippen LogP contribution in [0.5, 0.6) is 0 Å². The number of anilines is 1. The average molecular weight is 407 g/mol. The summed E-state index contributed by atoms with van der Waals surface area (Å²) in [6, 6.07) is 10.0. The second-order valence-electron chi connectivity index (χ2n) is 4.93. The van der Waals surface area contributed by atoms with Crippen LogP contribution >= 0.6 is 22.6 Å². The third-order valence-corrected chi connectivity index (χ3v) is 3.95. The molecule has 2 aromatic heterocycles. The fraction of sp³-hybridized carbons (Fsp3) is 0.133. The standard InChI is InChI=1S/C15H14IN5O/c1-10-3-2-4-11(7-10)9-21-6-5-13(20-21)18-15(22)14-12(16)8-17-19-14/h2-8H,9H2,1H3,(H,17,19)(H,18,20,22). The Labute approximate surface area is 141 Å². The van der Waals surface area contributed by atoms with Gasteiger partial charge in [-0.25, -0.2) is 0 Å². The predicted octanol–water partition coefficient (Wildman–Crippen LogP) is 2.82. The third-order valence-electron chi connectivity index (χ3n) is 3.13. The van der Waals surface area contributed by atoms with E-state index >= 15 is 0 Å². The molecule has 6 nitrogen and oxygen atoms in total. The van der Waals surface area contributed by atoms with Crippen LogP contribution in [0, 0.1) is 10.5 Å². The summed E-state index contributed by atoms with van der Waals surface area (Å²) in [5.74, 6) is 0.269. The number of hydrogen-bond acceptors (Lipinski definition) is 3. The maximum atomic E-state index is 12.1. The Kier molecular flexibility index (Phi) is 4.23. The summed E-state index contributed by atoms with van der Waals surface area (Å²) in [6.45, 7) is 2.73. The zero-order valence-corrected chi connectivity index (χ0v) is 14.0. The van der Waals surface area contributed by atoms with Gasteiger partial charge in [-0.15, -0.1) is 0 Å². The largest absolute Gasteiger partial charge is 0.304 e. The average Bonchev–Trinajstić information content (AvgIpc) is 3.08. The summed E-state index contributed by atoms with van der Waals surface area (Å²) in [4.78, 5) is 12.1. The monoisotopic (exact) mass is 407 g/mol. The van der Waals surface area contributed by atoms with Crippen molar-refractivity contribution in [1.82, 2.24) is 20.0 Å². The molecule has 3 aromatic rings. The fourth-order valence-electron chi connectivity index (χ4n) is 2.12. The minimum atomic E-state index is -0.247. The molecule has 0 fully saturated rings. The van der Waals surface area contributed by atoms with Crippen LogP contribution < -0.4 is 5.32 Å². The van der Waals surface area contributed by atoms with Gasteiger partial charge in [-0.2, -0.15) is 10.2 Å². The molecular formula is C15H14IN5O. The summed E-state index contributed by atoms with van der Waals surface area (Å²) in [5.41, 5.74) is 2.82. The molecule has 0 radical (unpaired) electrons. The SMILES string of the molecule is Cc1cccc(Cn2ccc(NC(=O)c3[nH]ncc3I)n2)c1. The summed E-state index contributed by atoms with van der Waals surface area (Å²) in [7, 11) is 0. The van der Waals surface area contributed by atoms with Crippen molar-refractivity contribution in [3.05, 3.63) is 63.1 Å². The van der Waals surface area contributed by atoms with Gasteiger partial charge in [0.15, 0.2) is 5.82 Å². The molecule has 0 bridgehead atoms. The first kappa shape index (κ1) is 14.8. The van der Waals surface area contributed by atoms with Crippen LogP contribution in [0.15, 0.2) is 42.7 Å². The number of hydrogen-bond donors (Lipinski definition) is 2. The number of rotatable bonds is 4. The van der Waals surface area contributed by atoms with E-state index in [-0.39, 0.29) is 5.91 Å². The first-order chi connectivity index (χ1) is 10.6. The van der Waals surface area contributed by atoms with Crippen molar-refractivity contribution >= 4 is 34.3 Å². The van der Waals surface area contributed by atoms with Gasteiger partial charge in [0.05, 0.1) is 16.3 Å². The van der Waals surface area contributed by atoms with E-state index in [2.05, 4.69) is 68.3 Å². The fourth-order valence-corrected chi connectivity index (χ4v) is 2.63. The van der Waals surface area contributed by atoms with Crippen LogP contribution in [0.2, 0.25) is 0 Å². The smallest absolute Gasteiger partial charge is 0.275 e. The van der Waals surface area contributed by atoms with Gasteiger partial charge in [0, 0.05) is 12.3 Å². The summed E-state index contributed by atoms with van der Waals surface area (Å²) in [6.07, 6.45) is 3.45. The molecule has 0 aliphatic heterocycles. The van der Waals surface area contributed by atoms with E-state index in [0.717, 1.165) is 3.57 Å². The van der Waals surface area contributed by atoms with E-state index in [1.165, 1.54) is 11.1 Å². The van der Waals surface area contributed by atoms with Crippen molar-refractivity contribution in [2.75, 3.05) is 5.32 Å². The van der Waals surface area contributed by atoms with Crippen molar-refractivity contribution in [3.63, 3.8) is 0 Å². The number of aryl methyl sites for hydroxylation is 1. The molecule has 0 spiro atoms. The molecule has 0 saturated carbocycles. The lowest BCUT2D eigenvalue weighted by Gasteiger charge is -2.03. The first-order valence-electron chi connectivity index (χ1n) is 6.71. The highest BCUT2D eigenvalue weighted by Gasteiger charge is 2.13. The topological polar surface area (TPSA) is 75.6 Å². The predicted molar refractivity (Wildman–Crippen MR) is 91.8 cm³/mol. The molecule has 0 unspecified atom stereocenters. The van der Waals surface area contributed by atoms with E-state index in [1.807, 2.05) is 12.3 Å². The van der Waals surface area contributed by atoms with Crippen molar-refractivity contribution in [1.29, 1.82) is 0 Å². The highest BCUT2D eigenvalue weighted by Crippen LogP contribution is 2.12. The number of aromatic nitrogens is 4. The molecular weight excluding hydrogens is 393 g/mol. The molecule has 0 atom stereocenters. The number of nitrogens with zero attached hydrogens (tertiary/aromatic N) is 3. The van der Waals surface area contributed by atoms with E-state index in [9.17, 15) is 4.79 Å². The van der Waals surface area contributed by atoms with Crippen molar-refractivity contribution in [2.24, 2.45) is 0 Å². The summed E-state index contributed by atoms with van der Waals surface area (Å²) in [5, 5.41) is 13.6. The molecule has 2 N–H and O–H groups in total. The molecule has 1 aromatic carbocycles. The Morgan fingerprint density at radius 3 is 3.00 bits per heavy atom. The van der Waals surface area contributed by atoms with Crippen LogP contribution in [-0.2, 0) is 6.54 Å². The van der Waals surface area contributed by atoms with Crippen molar-refractivity contribution in [3.8, 4) is 0 Å². The minimum Gasteiger partial charge on any atom is -0.304 e. The number of halogens is 1. The number of carbonyl (C=O) groups is 1. The molecule has 0 saturated heterocycles. The Morgan fingerprint density at radius 1 is 1.41 bits per heavy atom. The molecule has 7 heteroatoms. The Hall–Kier alpha value is -2.16. The Balaban J connectivity index is 1.69. The lowest BCUT2D eigenvalue weighted by molar-refractivity contribution is 0.102. The molecule has 1 amide bonds. The zero-order chi connectivity index (χ0) is 15.5. The zero-order valence-electron chi connectivity index (χ0n) is 11.9. The van der Waals surface area contributed by atoms with Crippen LogP contribution in [0.1, 0.15) is 21.6 Å². The van der Waals surface area contributed by atoms with E-state index in [1.54, 1.807) is 16.9 Å². The van der Waals surface area contributed by atoms with Gasteiger partial charge in [0.25, 0.3) is 5.91 Å². The molecule has 22 heavy (non-hydrogen) atoms.